The minimum absolute atomic E-state index is 0.0634. The van der Waals surface area contributed by atoms with Gasteiger partial charge in [0.15, 0.2) is 0 Å². The van der Waals surface area contributed by atoms with Gasteiger partial charge in [0.25, 0.3) is 10.1 Å². The third-order valence-electron chi connectivity index (χ3n) is 2.74. The highest BCUT2D eigenvalue weighted by molar-refractivity contribution is 7.87. The van der Waals surface area contributed by atoms with Gasteiger partial charge in [-0.2, -0.15) is 8.42 Å². The molecule has 5 heteroatoms. The molecule has 11 heavy (non-hydrogen) atoms. The van der Waals surface area contributed by atoms with Gasteiger partial charge in [-0.3, -0.25) is 4.18 Å². The van der Waals surface area contributed by atoms with Crippen LogP contribution in [-0.2, 0) is 19.0 Å². The van der Waals surface area contributed by atoms with Crippen molar-refractivity contribution in [2.75, 3.05) is 0 Å². The lowest BCUT2D eigenvalue weighted by molar-refractivity contribution is 0.0710. The predicted octanol–water partition coefficient (Wildman–Crippen LogP) is -0.355. The zero-order chi connectivity index (χ0) is 7.64. The minimum atomic E-state index is -3.26. The van der Waals surface area contributed by atoms with E-state index >= 15 is 0 Å². The average molecular weight is 176 g/mol. The Morgan fingerprint density at radius 2 is 1.91 bits per heavy atom. The lowest BCUT2D eigenvalue weighted by Gasteiger charge is -2.30. The second-order valence-electron chi connectivity index (χ2n) is 3.35. The van der Waals surface area contributed by atoms with Crippen LogP contribution in [0.4, 0.5) is 0 Å². The Morgan fingerprint density at radius 3 is 2.36 bits per heavy atom. The van der Waals surface area contributed by atoms with Crippen LogP contribution in [0.3, 0.4) is 0 Å². The second-order valence-corrected chi connectivity index (χ2v) is 5.13. The molecule has 0 N–H and O–H groups in total. The number of hydrogen-bond donors (Lipinski definition) is 0. The first kappa shape index (κ1) is 6.39. The van der Waals surface area contributed by atoms with Gasteiger partial charge in [-0.15, -0.1) is 0 Å². The van der Waals surface area contributed by atoms with Gasteiger partial charge in [0, 0.05) is 6.42 Å². The Labute approximate surface area is 64.6 Å². The number of rotatable bonds is 0. The fourth-order valence-corrected chi connectivity index (χ4v) is 3.89. The minimum Gasteiger partial charge on any atom is -0.371 e. The molecule has 4 fully saturated rings. The number of ether oxygens (including phenoxy) is 1. The summed E-state index contributed by atoms with van der Waals surface area (Å²) < 4.78 is 32.6. The van der Waals surface area contributed by atoms with Crippen LogP contribution in [0.5, 0.6) is 0 Å². The summed E-state index contributed by atoms with van der Waals surface area (Å²) in [6, 6.07) is 0. The molecule has 4 aliphatic heterocycles. The molecule has 4 atom stereocenters. The normalized spacial score (nSPS) is 57.1. The van der Waals surface area contributed by atoms with Crippen LogP contribution in [0.1, 0.15) is 12.8 Å². The van der Waals surface area contributed by atoms with Crippen LogP contribution < -0.4 is 0 Å². The van der Waals surface area contributed by atoms with Gasteiger partial charge in [0.1, 0.15) is 11.4 Å². The quantitative estimate of drug-likeness (QED) is 0.473. The average Bonchev–Trinajstić information content (AvgIpc) is 2.39. The lowest BCUT2D eigenvalue weighted by Crippen LogP contribution is -2.46. The van der Waals surface area contributed by atoms with E-state index < -0.39 is 10.1 Å². The van der Waals surface area contributed by atoms with Crippen LogP contribution in [-0.4, -0.2) is 32.0 Å². The molecular weight excluding hydrogens is 168 g/mol. The molecule has 4 bridgehead atoms. The summed E-state index contributed by atoms with van der Waals surface area (Å²) in [6.07, 6.45) is 1.25. The smallest absolute Gasteiger partial charge is 0.273 e. The topological polar surface area (TPSA) is 52.6 Å². The van der Waals surface area contributed by atoms with Crippen molar-refractivity contribution in [1.82, 2.24) is 0 Å². The van der Waals surface area contributed by atoms with E-state index in [1.54, 1.807) is 0 Å². The van der Waals surface area contributed by atoms with Crippen molar-refractivity contribution < 1.29 is 17.3 Å². The van der Waals surface area contributed by atoms with Gasteiger partial charge in [0.2, 0.25) is 0 Å². The second kappa shape index (κ2) is 1.62. The van der Waals surface area contributed by atoms with Gasteiger partial charge in [-0.05, 0) is 6.42 Å². The van der Waals surface area contributed by atoms with Crippen molar-refractivity contribution >= 4 is 10.1 Å². The Kier molecular flexibility index (Phi) is 0.944. The SMILES string of the molecule is O=S1(=O)OC2CC3OC2CC31. The van der Waals surface area contributed by atoms with Crippen LogP contribution in [0.2, 0.25) is 0 Å². The molecule has 4 rings (SSSR count). The van der Waals surface area contributed by atoms with E-state index in [-0.39, 0.29) is 23.6 Å². The first-order valence-corrected chi connectivity index (χ1v) is 5.21. The van der Waals surface area contributed by atoms with E-state index in [4.69, 9.17) is 8.92 Å². The standard InChI is InChI=1S/C6H8O4S/c7-11(8)6-2-3-4(10-11)1-5(6)9-3/h3-6H,1-2H2. The van der Waals surface area contributed by atoms with Crippen LogP contribution in [0, 0.1) is 0 Å². The highest BCUT2D eigenvalue weighted by Crippen LogP contribution is 2.45. The molecule has 0 saturated carbocycles. The third-order valence-corrected chi connectivity index (χ3v) is 4.49. The molecule has 4 heterocycles. The maximum atomic E-state index is 11.2. The Bertz CT molecular complexity index is 294. The molecule has 0 amide bonds. The first-order valence-electron chi connectivity index (χ1n) is 3.74. The van der Waals surface area contributed by atoms with Gasteiger partial charge in [0.05, 0.1) is 12.2 Å². The molecule has 0 aromatic heterocycles. The summed E-state index contributed by atoms with van der Waals surface area (Å²) in [5.41, 5.74) is 0. The maximum Gasteiger partial charge on any atom is 0.273 e. The van der Waals surface area contributed by atoms with Gasteiger partial charge >= 0.3 is 0 Å². The molecule has 0 radical (unpaired) electrons. The monoisotopic (exact) mass is 176 g/mol. The number of fused-ring (bicyclic) bond motifs is 1. The number of hydrogen-bond acceptors (Lipinski definition) is 4. The van der Waals surface area contributed by atoms with Crippen LogP contribution >= 0.6 is 0 Å². The van der Waals surface area contributed by atoms with Crippen LogP contribution in [0.25, 0.3) is 0 Å². The van der Waals surface area contributed by atoms with Crippen molar-refractivity contribution in [3.05, 3.63) is 0 Å². The van der Waals surface area contributed by atoms with Crippen molar-refractivity contribution in [3.8, 4) is 0 Å². The van der Waals surface area contributed by atoms with Gasteiger partial charge in [-0.1, -0.05) is 0 Å². The van der Waals surface area contributed by atoms with E-state index in [2.05, 4.69) is 0 Å². The van der Waals surface area contributed by atoms with E-state index in [0.29, 0.717) is 6.42 Å². The Balaban J connectivity index is 2.13. The van der Waals surface area contributed by atoms with Crippen molar-refractivity contribution in [1.29, 1.82) is 0 Å². The first-order chi connectivity index (χ1) is 5.17. The molecule has 0 aliphatic carbocycles. The third kappa shape index (κ3) is 0.641. The molecular formula is C6H8O4S. The van der Waals surface area contributed by atoms with E-state index in [0.717, 1.165) is 6.42 Å². The summed E-state index contributed by atoms with van der Waals surface area (Å²) in [6.45, 7) is 0. The molecule has 4 nitrogen and oxygen atoms in total. The summed E-state index contributed by atoms with van der Waals surface area (Å²) in [7, 11) is -3.26. The summed E-state index contributed by atoms with van der Waals surface area (Å²) in [5.74, 6) is 0. The van der Waals surface area contributed by atoms with Crippen molar-refractivity contribution in [3.63, 3.8) is 0 Å². The molecule has 0 aromatic carbocycles. The molecule has 4 unspecified atom stereocenters. The largest absolute Gasteiger partial charge is 0.371 e. The van der Waals surface area contributed by atoms with Crippen LogP contribution in [0.15, 0.2) is 0 Å². The van der Waals surface area contributed by atoms with Crippen molar-refractivity contribution in [2.24, 2.45) is 0 Å². The highest BCUT2D eigenvalue weighted by atomic mass is 32.2. The summed E-state index contributed by atoms with van der Waals surface area (Å²) in [5, 5.41) is -0.363. The molecule has 4 aliphatic rings. The summed E-state index contributed by atoms with van der Waals surface area (Å²) in [4.78, 5) is 0. The van der Waals surface area contributed by atoms with E-state index in [1.165, 1.54) is 0 Å². The molecule has 62 valence electrons. The molecule has 4 saturated heterocycles. The van der Waals surface area contributed by atoms with E-state index in [1.807, 2.05) is 0 Å². The highest BCUT2D eigenvalue weighted by Gasteiger charge is 2.59. The zero-order valence-corrected chi connectivity index (χ0v) is 6.58. The molecule has 0 aromatic rings. The fraction of sp³-hybridized carbons (Fsp3) is 1.00. The Hall–Kier alpha value is -0.130. The Morgan fingerprint density at radius 1 is 1.09 bits per heavy atom. The zero-order valence-electron chi connectivity index (χ0n) is 5.76. The van der Waals surface area contributed by atoms with Gasteiger partial charge in [-0.25, -0.2) is 0 Å². The van der Waals surface area contributed by atoms with Gasteiger partial charge < -0.3 is 4.74 Å². The lowest BCUT2D eigenvalue weighted by atomic mass is 9.97. The maximum absolute atomic E-state index is 11.2. The van der Waals surface area contributed by atoms with E-state index in [9.17, 15) is 8.42 Å². The van der Waals surface area contributed by atoms with Crippen molar-refractivity contribution in [2.45, 2.75) is 36.4 Å². The predicted molar refractivity (Wildman–Crippen MR) is 35.5 cm³/mol. The fourth-order valence-electron chi connectivity index (χ4n) is 2.22. The molecule has 0 spiro atoms. The summed E-state index contributed by atoms with van der Waals surface area (Å²) >= 11 is 0.